The molecule has 10 heavy (non-hydrogen) atoms. The van der Waals surface area contributed by atoms with E-state index in [1.807, 2.05) is 13.0 Å². The van der Waals surface area contributed by atoms with E-state index >= 15 is 0 Å². The van der Waals surface area contributed by atoms with Gasteiger partial charge in [-0.05, 0) is 6.07 Å². The van der Waals surface area contributed by atoms with E-state index in [4.69, 9.17) is 9.62 Å². The standard InChI is InChI=1S/C7H11NO2/c1-3-6-4-5-7(10-6)8(2)9/h4-5,9H,3H2,1-2H3. The Balaban J connectivity index is 2.78. The van der Waals surface area contributed by atoms with E-state index in [-0.39, 0.29) is 0 Å². The molecule has 0 amide bonds. The summed E-state index contributed by atoms with van der Waals surface area (Å²) >= 11 is 0. The number of rotatable bonds is 2. The van der Waals surface area contributed by atoms with Gasteiger partial charge in [-0.1, -0.05) is 6.92 Å². The number of hydroxylamine groups is 1. The molecule has 1 aromatic heterocycles. The fourth-order valence-electron chi connectivity index (χ4n) is 0.731. The average Bonchev–Trinajstić information content (AvgIpc) is 2.34. The Bertz CT molecular complexity index is 205. The van der Waals surface area contributed by atoms with Gasteiger partial charge in [0.05, 0.1) is 0 Å². The molecule has 56 valence electrons. The summed E-state index contributed by atoms with van der Waals surface area (Å²) in [4.78, 5) is 0. The topological polar surface area (TPSA) is 36.6 Å². The molecule has 0 aliphatic rings. The second-order valence-corrected chi connectivity index (χ2v) is 2.12. The maximum absolute atomic E-state index is 8.87. The van der Waals surface area contributed by atoms with Crippen LogP contribution in [0.15, 0.2) is 16.5 Å². The summed E-state index contributed by atoms with van der Waals surface area (Å²) < 4.78 is 5.17. The number of furan rings is 1. The Morgan fingerprint density at radius 1 is 1.60 bits per heavy atom. The first-order chi connectivity index (χ1) is 4.74. The average molecular weight is 141 g/mol. The Morgan fingerprint density at radius 2 is 2.30 bits per heavy atom. The van der Waals surface area contributed by atoms with Gasteiger partial charge in [-0.25, -0.2) is 5.06 Å². The first kappa shape index (κ1) is 7.15. The van der Waals surface area contributed by atoms with Gasteiger partial charge in [0.25, 0.3) is 0 Å². The Kier molecular flexibility index (Phi) is 1.97. The van der Waals surface area contributed by atoms with E-state index in [2.05, 4.69) is 0 Å². The van der Waals surface area contributed by atoms with E-state index in [1.54, 1.807) is 6.07 Å². The van der Waals surface area contributed by atoms with Crippen molar-refractivity contribution in [1.29, 1.82) is 0 Å². The Hall–Kier alpha value is -0.960. The molecule has 1 aromatic rings. The number of anilines is 1. The van der Waals surface area contributed by atoms with E-state index in [1.165, 1.54) is 7.05 Å². The van der Waals surface area contributed by atoms with Crippen molar-refractivity contribution in [3.05, 3.63) is 17.9 Å². The third-order valence-corrected chi connectivity index (χ3v) is 1.31. The SMILES string of the molecule is CCc1ccc(N(C)O)o1. The molecule has 0 spiro atoms. The van der Waals surface area contributed by atoms with Crippen LogP contribution in [0.3, 0.4) is 0 Å². The molecule has 1 heterocycles. The van der Waals surface area contributed by atoms with E-state index < -0.39 is 0 Å². The molecule has 0 bridgehead atoms. The number of hydrogen-bond donors (Lipinski definition) is 1. The monoisotopic (exact) mass is 141 g/mol. The molecule has 1 rings (SSSR count). The molecule has 0 aliphatic carbocycles. The molecule has 3 heteroatoms. The lowest BCUT2D eigenvalue weighted by Crippen LogP contribution is -2.08. The van der Waals surface area contributed by atoms with Crippen molar-refractivity contribution in [3.8, 4) is 0 Å². The molecule has 3 nitrogen and oxygen atoms in total. The fraction of sp³-hybridized carbons (Fsp3) is 0.429. The minimum Gasteiger partial charge on any atom is -0.443 e. The summed E-state index contributed by atoms with van der Waals surface area (Å²) in [6.45, 7) is 2.00. The van der Waals surface area contributed by atoms with Crippen LogP contribution in [0, 0.1) is 0 Å². The normalized spacial score (nSPS) is 9.90. The van der Waals surface area contributed by atoms with Crippen LogP contribution in [0.5, 0.6) is 0 Å². The maximum atomic E-state index is 8.87. The predicted molar refractivity (Wildman–Crippen MR) is 38.3 cm³/mol. The third-order valence-electron chi connectivity index (χ3n) is 1.31. The predicted octanol–water partition coefficient (Wildman–Crippen LogP) is 1.67. The van der Waals surface area contributed by atoms with Crippen LogP contribution in [0.4, 0.5) is 5.88 Å². The molecule has 0 atom stereocenters. The van der Waals surface area contributed by atoms with Gasteiger partial charge in [-0.15, -0.1) is 0 Å². The zero-order chi connectivity index (χ0) is 7.56. The van der Waals surface area contributed by atoms with E-state index in [0.29, 0.717) is 5.88 Å². The molecule has 0 unspecified atom stereocenters. The quantitative estimate of drug-likeness (QED) is 0.636. The molecule has 0 saturated heterocycles. The van der Waals surface area contributed by atoms with Crippen LogP contribution in [0.1, 0.15) is 12.7 Å². The van der Waals surface area contributed by atoms with Gasteiger partial charge in [0.1, 0.15) is 5.76 Å². The molecule has 1 N–H and O–H groups in total. The summed E-state index contributed by atoms with van der Waals surface area (Å²) in [5, 5.41) is 9.83. The maximum Gasteiger partial charge on any atom is 0.218 e. The van der Waals surface area contributed by atoms with Crippen molar-refractivity contribution in [1.82, 2.24) is 0 Å². The zero-order valence-electron chi connectivity index (χ0n) is 6.16. The first-order valence-corrected chi connectivity index (χ1v) is 3.25. The highest BCUT2D eigenvalue weighted by Crippen LogP contribution is 2.15. The molecule has 0 aliphatic heterocycles. The summed E-state index contributed by atoms with van der Waals surface area (Å²) in [5.74, 6) is 1.37. The van der Waals surface area contributed by atoms with Crippen LogP contribution < -0.4 is 5.06 Å². The van der Waals surface area contributed by atoms with Crippen molar-refractivity contribution >= 4 is 5.88 Å². The lowest BCUT2D eigenvalue weighted by Gasteiger charge is -2.03. The van der Waals surface area contributed by atoms with Gasteiger partial charge in [0, 0.05) is 19.5 Å². The highest BCUT2D eigenvalue weighted by atomic mass is 16.5. The fourth-order valence-corrected chi connectivity index (χ4v) is 0.731. The molecule has 0 fully saturated rings. The Morgan fingerprint density at radius 3 is 2.60 bits per heavy atom. The summed E-state index contributed by atoms with van der Waals surface area (Å²) in [6, 6.07) is 3.58. The van der Waals surface area contributed by atoms with Gasteiger partial charge >= 0.3 is 0 Å². The second-order valence-electron chi connectivity index (χ2n) is 2.12. The number of hydrogen-bond acceptors (Lipinski definition) is 3. The first-order valence-electron chi connectivity index (χ1n) is 3.25. The minimum atomic E-state index is 0.483. The van der Waals surface area contributed by atoms with Gasteiger partial charge in [-0.3, -0.25) is 5.21 Å². The molecule has 0 saturated carbocycles. The van der Waals surface area contributed by atoms with Gasteiger partial charge in [0.2, 0.25) is 5.88 Å². The van der Waals surface area contributed by atoms with Crippen LogP contribution in [0.2, 0.25) is 0 Å². The van der Waals surface area contributed by atoms with E-state index in [0.717, 1.165) is 17.2 Å². The number of aryl methyl sites for hydroxylation is 1. The number of nitrogens with zero attached hydrogens (tertiary/aromatic N) is 1. The lowest BCUT2D eigenvalue weighted by atomic mass is 10.4. The van der Waals surface area contributed by atoms with Crippen LogP contribution in [-0.2, 0) is 6.42 Å². The van der Waals surface area contributed by atoms with Crippen LogP contribution in [0.25, 0.3) is 0 Å². The molecular formula is C7H11NO2. The van der Waals surface area contributed by atoms with Gasteiger partial charge in [0.15, 0.2) is 0 Å². The summed E-state index contributed by atoms with van der Waals surface area (Å²) in [7, 11) is 1.53. The summed E-state index contributed by atoms with van der Waals surface area (Å²) in [5.41, 5.74) is 0. The van der Waals surface area contributed by atoms with Crippen LogP contribution >= 0.6 is 0 Å². The second kappa shape index (κ2) is 2.75. The lowest BCUT2D eigenvalue weighted by molar-refractivity contribution is 0.254. The molecule has 0 aromatic carbocycles. The zero-order valence-corrected chi connectivity index (χ0v) is 6.16. The van der Waals surface area contributed by atoms with Crippen molar-refractivity contribution in [3.63, 3.8) is 0 Å². The van der Waals surface area contributed by atoms with Crippen LogP contribution in [-0.4, -0.2) is 12.3 Å². The van der Waals surface area contributed by atoms with Gasteiger partial charge < -0.3 is 4.42 Å². The smallest absolute Gasteiger partial charge is 0.218 e. The van der Waals surface area contributed by atoms with Crippen molar-refractivity contribution in [2.45, 2.75) is 13.3 Å². The third kappa shape index (κ3) is 1.30. The minimum absolute atomic E-state index is 0.483. The highest BCUT2D eigenvalue weighted by Gasteiger charge is 2.01. The Labute approximate surface area is 59.8 Å². The molecular weight excluding hydrogens is 130 g/mol. The van der Waals surface area contributed by atoms with Crippen molar-refractivity contribution < 1.29 is 9.62 Å². The molecule has 0 radical (unpaired) electrons. The van der Waals surface area contributed by atoms with Crippen molar-refractivity contribution in [2.24, 2.45) is 0 Å². The van der Waals surface area contributed by atoms with Gasteiger partial charge in [-0.2, -0.15) is 0 Å². The highest BCUT2D eigenvalue weighted by molar-refractivity contribution is 5.31. The largest absolute Gasteiger partial charge is 0.443 e. The van der Waals surface area contributed by atoms with E-state index in [9.17, 15) is 0 Å². The summed E-state index contributed by atoms with van der Waals surface area (Å²) in [6.07, 6.45) is 0.855. The van der Waals surface area contributed by atoms with Crippen molar-refractivity contribution in [2.75, 3.05) is 12.1 Å².